The van der Waals surface area contributed by atoms with Crippen LogP contribution in [0, 0.1) is 0 Å². The Balaban J connectivity index is 2.00. The molecule has 1 aliphatic heterocycles. The summed E-state index contributed by atoms with van der Waals surface area (Å²) in [6.45, 7) is 0.706. The number of carboxylic acids is 1. The molecule has 0 aliphatic carbocycles. The lowest BCUT2D eigenvalue weighted by Crippen LogP contribution is -1.95. The molecule has 17 heavy (non-hydrogen) atoms. The van der Waals surface area contributed by atoms with E-state index in [0.29, 0.717) is 12.4 Å². The molecule has 0 fully saturated rings. The van der Waals surface area contributed by atoms with Gasteiger partial charge in [0.15, 0.2) is 0 Å². The van der Waals surface area contributed by atoms with E-state index < -0.39 is 5.97 Å². The predicted octanol–water partition coefficient (Wildman–Crippen LogP) is 1.71. The minimum Gasteiger partial charge on any atom is -0.493 e. The molecule has 2 N–H and O–H groups in total. The number of carbonyl (C=O) groups is 1. The molecule has 3 rings (SSSR count). The lowest BCUT2D eigenvalue weighted by molar-refractivity contribution is 0.0691. The lowest BCUT2D eigenvalue weighted by Gasteiger charge is -2.01. The molecule has 2 heterocycles. The van der Waals surface area contributed by atoms with Crippen molar-refractivity contribution in [1.29, 1.82) is 0 Å². The minimum atomic E-state index is -1.01. The van der Waals surface area contributed by atoms with E-state index >= 15 is 0 Å². The van der Waals surface area contributed by atoms with Gasteiger partial charge in [0.25, 0.3) is 0 Å². The molecule has 5 heteroatoms. The predicted molar refractivity (Wildman–Crippen MR) is 60.2 cm³/mol. The van der Waals surface area contributed by atoms with Gasteiger partial charge in [-0.05, 0) is 23.8 Å². The van der Waals surface area contributed by atoms with Crippen molar-refractivity contribution in [3.8, 4) is 17.1 Å². The summed E-state index contributed by atoms with van der Waals surface area (Å²) in [6, 6.07) is 5.74. The summed E-state index contributed by atoms with van der Waals surface area (Å²) in [4.78, 5) is 17.6. The van der Waals surface area contributed by atoms with Gasteiger partial charge in [-0.3, -0.25) is 0 Å². The summed E-state index contributed by atoms with van der Waals surface area (Å²) in [5, 5.41) is 8.81. The molecule has 0 radical (unpaired) electrons. The zero-order chi connectivity index (χ0) is 11.8. The van der Waals surface area contributed by atoms with Gasteiger partial charge in [0, 0.05) is 12.0 Å². The van der Waals surface area contributed by atoms with Crippen LogP contribution in [0.3, 0.4) is 0 Å². The Morgan fingerprint density at radius 1 is 1.47 bits per heavy atom. The number of hydrogen-bond acceptors (Lipinski definition) is 3. The van der Waals surface area contributed by atoms with E-state index in [2.05, 4.69) is 9.97 Å². The topological polar surface area (TPSA) is 75.2 Å². The van der Waals surface area contributed by atoms with Crippen LogP contribution in [-0.4, -0.2) is 27.7 Å². The second kappa shape index (κ2) is 3.62. The van der Waals surface area contributed by atoms with Crippen LogP contribution in [0.5, 0.6) is 5.75 Å². The second-order valence-corrected chi connectivity index (χ2v) is 3.87. The molecule has 0 saturated carbocycles. The van der Waals surface area contributed by atoms with Crippen LogP contribution in [0.2, 0.25) is 0 Å². The Hall–Kier alpha value is -2.30. The van der Waals surface area contributed by atoms with Gasteiger partial charge >= 0.3 is 5.97 Å². The quantitative estimate of drug-likeness (QED) is 0.823. The smallest absolute Gasteiger partial charge is 0.353 e. The summed E-state index contributed by atoms with van der Waals surface area (Å²) in [5.74, 6) is 0.462. The van der Waals surface area contributed by atoms with E-state index in [-0.39, 0.29) is 5.69 Å². The fourth-order valence-corrected chi connectivity index (χ4v) is 1.91. The first kappa shape index (κ1) is 9.89. The van der Waals surface area contributed by atoms with Crippen LogP contribution in [-0.2, 0) is 6.42 Å². The van der Waals surface area contributed by atoms with Gasteiger partial charge in [-0.25, -0.2) is 9.78 Å². The van der Waals surface area contributed by atoms with Gasteiger partial charge in [0.05, 0.1) is 12.8 Å². The Labute approximate surface area is 97.1 Å². The molecule has 0 saturated heterocycles. The van der Waals surface area contributed by atoms with Crippen LogP contribution >= 0.6 is 0 Å². The molecule has 1 aliphatic rings. The van der Waals surface area contributed by atoms with Crippen molar-refractivity contribution in [2.75, 3.05) is 6.61 Å². The van der Waals surface area contributed by atoms with Gasteiger partial charge in [-0.15, -0.1) is 0 Å². The van der Waals surface area contributed by atoms with E-state index in [9.17, 15) is 4.79 Å². The number of aromatic amines is 1. The number of rotatable bonds is 2. The zero-order valence-corrected chi connectivity index (χ0v) is 8.93. The normalized spacial score (nSPS) is 13.2. The van der Waals surface area contributed by atoms with E-state index in [4.69, 9.17) is 9.84 Å². The Bertz CT molecular complexity index is 589. The summed E-state index contributed by atoms with van der Waals surface area (Å²) in [6.07, 6.45) is 2.21. The SMILES string of the molecule is O=C(O)c1cnc(-c2ccc3c(c2)CCO3)[nH]1. The highest BCUT2D eigenvalue weighted by atomic mass is 16.5. The highest BCUT2D eigenvalue weighted by Crippen LogP contribution is 2.29. The number of nitrogens with one attached hydrogen (secondary N) is 1. The number of fused-ring (bicyclic) bond motifs is 1. The molecule has 1 aromatic heterocycles. The molecular weight excluding hydrogens is 220 g/mol. The van der Waals surface area contributed by atoms with Gasteiger partial charge < -0.3 is 14.8 Å². The minimum absolute atomic E-state index is 0.0942. The van der Waals surface area contributed by atoms with Crippen LogP contribution in [0.1, 0.15) is 16.1 Å². The number of carboxylic acid groups (broad SMARTS) is 1. The standard InChI is InChI=1S/C12H10N2O3/c15-12(16)9-6-13-11(14-9)8-1-2-10-7(5-8)3-4-17-10/h1-2,5-6H,3-4H2,(H,13,14)(H,15,16). The fraction of sp³-hybridized carbons (Fsp3) is 0.167. The van der Waals surface area contributed by atoms with Crippen molar-refractivity contribution in [2.24, 2.45) is 0 Å². The maximum Gasteiger partial charge on any atom is 0.353 e. The molecule has 0 bridgehead atoms. The molecule has 0 amide bonds. The molecule has 86 valence electrons. The molecular formula is C12H10N2O3. The van der Waals surface area contributed by atoms with E-state index in [1.54, 1.807) is 0 Å². The largest absolute Gasteiger partial charge is 0.493 e. The van der Waals surface area contributed by atoms with Crippen molar-refractivity contribution in [1.82, 2.24) is 9.97 Å². The molecule has 0 spiro atoms. The number of aromatic carboxylic acids is 1. The second-order valence-electron chi connectivity index (χ2n) is 3.87. The third kappa shape index (κ3) is 1.65. The van der Waals surface area contributed by atoms with Crippen LogP contribution in [0.4, 0.5) is 0 Å². The van der Waals surface area contributed by atoms with Gasteiger partial charge in [-0.2, -0.15) is 0 Å². The summed E-state index contributed by atoms with van der Waals surface area (Å²) in [5.41, 5.74) is 2.11. The van der Waals surface area contributed by atoms with Crippen LogP contribution in [0.15, 0.2) is 24.4 Å². The molecule has 2 aromatic rings. The first-order chi connectivity index (χ1) is 8.24. The molecule has 0 unspecified atom stereocenters. The number of aromatic nitrogens is 2. The Kier molecular flexibility index (Phi) is 2.11. The summed E-state index contributed by atoms with van der Waals surface area (Å²) >= 11 is 0. The van der Waals surface area contributed by atoms with Gasteiger partial charge in [0.2, 0.25) is 0 Å². The highest BCUT2D eigenvalue weighted by Gasteiger charge is 2.14. The molecule has 1 aromatic carbocycles. The van der Waals surface area contributed by atoms with Crippen LogP contribution in [0.25, 0.3) is 11.4 Å². The van der Waals surface area contributed by atoms with Gasteiger partial charge in [0.1, 0.15) is 17.3 Å². The highest BCUT2D eigenvalue weighted by molar-refractivity contribution is 5.85. The summed E-state index contributed by atoms with van der Waals surface area (Å²) < 4.78 is 5.41. The number of benzene rings is 1. The van der Waals surface area contributed by atoms with Crippen molar-refractivity contribution >= 4 is 5.97 Å². The third-order valence-electron chi connectivity index (χ3n) is 2.77. The Morgan fingerprint density at radius 3 is 3.12 bits per heavy atom. The number of imidazole rings is 1. The maximum atomic E-state index is 10.7. The number of hydrogen-bond donors (Lipinski definition) is 2. The van der Waals surface area contributed by atoms with Crippen molar-refractivity contribution in [2.45, 2.75) is 6.42 Å². The number of nitrogens with zero attached hydrogens (tertiary/aromatic N) is 1. The molecule has 5 nitrogen and oxygen atoms in total. The van der Waals surface area contributed by atoms with Crippen molar-refractivity contribution < 1.29 is 14.6 Å². The van der Waals surface area contributed by atoms with E-state index in [0.717, 1.165) is 23.3 Å². The Morgan fingerprint density at radius 2 is 2.35 bits per heavy atom. The van der Waals surface area contributed by atoms with Crippen LogP contribution < -0.4 is 4.74 Å². The number of H-pyrrole nitrogens is 1. The average Bonchev–Trinajstić information content (AvgIpc) is 2.97. The van der Waals surface area contributed by atoms with Crippen molar-refractivity contribution in [3.05, 3.63) is 35.7 Å². The zero-order valence-electron chi connectivity index (χ0n) is 8.93. The summed E-state index contributed by atoms with van der Waals surface area (Å²) in [7, 11) is 0. The van der Waals surface area contributed by atoms with E-state index in [1.165, 1.54) is 6.20 Å². The molecule has 0 atom stereocenters. The van der Waals surface area contributed by atoms with Crippen molar-refractivity contribution in [3.63, 3.8) is 0 Å². The first-order valence-corrected chi connectivity index (χ1v) is 5.28. The number of ether oxygens (including phenoxy) is 1. The van der Waals surface area contributed by atoms with Gasteiger partial charge in [-0.1, -0.05) is 0 Å². The lowest BCUT2D eigenvalue weighted by atomic mass is 10.1. The maximum absolute atomic E-state index is 10.7. The fourth-order valence-electron chi connectivity index (χ4n) is 1.91. The third-order valence-corrected chi connectivity index (χ3v) is 2.77. The van der Waals surface area contributed by atoms with E-state index in [1.807, 2.05) is 18.2 Å². The monoisotopic (exact) mass is 230 g/mol. The average molecular weight is 230 g/mol. The first-order valence-electron chi connectivity index (χ1n) is 5.28.